The van der Waals surface area contributed by atoms with Crippen LogP contribution in [-0.4, -0.2) is 49.0 Å². The van der Waals surface area contributed by atoms with Crippen molar-refractivity contribution in [2.24, 2.45) is 0 Å². The predicted molar refractivity (Wildman–Crippen MR) is 72.8 cm³/mol. The molecule has 1 aliphatic carbocycles. The molecule has 7 heteroatoms. The van der Waals surface area contributed by atoms with Gasteiger partial charge in [0.2, 0.25) is 5.95 Å². The van der Waals surface area contributed by atoms with Gasteiger partial charge < -0.3 is 10.2 Å². The van der Waals surface area contributed by atoms with Crippen molar-refractivity contribution in [1.82, 2.24) is 15.3 Å². The lowest BCUT2D eigenvalue weighted by Gasteiger charge is -2.26. The number of anilines is 1. The molecular weight excluding hydrogens is 264 g/mol. The number of nitrogens with zero attached hydrogens (tertiary/aromatic N) is 3. The van der Waals surface area contributed by atoms with Gasteiger partial charge in [0.15, 0.2) is 9.84 Å². The highest BCUT2D eigenvalue weighted by Gasteiger charge is 2.23. The Kier molecular flexibility index (Phi) is 3.40. The lowest BCUT2D eigenvalue weighted by Crippen LogP contribution is -2.41. The van der Waals surface area contributed by atoms with Gasteiger partial charge in [-0.1, -0.05) is 0 Å². The summed E-state index contributed by atoms with van der Waals surface area (Å²) in [4.78, 5) is 10.6. The molecule has 3 rings (SSSR count). The molecule has 1 saturated carbocycles. The van der Waals surface area contributed by atoms with Crippen molar-refractivity contribution in [1.29, 1.82) is 0 Å². The molecular formula is C12H18N4O2S. The third-order valence-electron chi connectivity index (χ3n) is 3.49. The number of hydrogen-bond acceptors (Lipinski definition) is 6. The van der Waals surface area contributed by atoms with Crippen molar-refractivity contribution in [3.05, 3.63) is 18.0 Å². The molecule has 19 heavy (non-hydrogen) atoms. The minimum atomic E-state index is -2.85. The summed E-state index contributed by atoms with van der Waals surface area (Å²) in [7, 11) is -2.85. The van der Waals surface area contributed by atoms with Crippen LogP contribution in [0.25, 0.3) is 0 Å². The van der Waals surface area contributed by atoms with E-state index in [2.05, 4.69) is 15.3 Å². The first-order valence-corrected chi connectivity index (χ1v) is 8.44. The minimum Gasteiger partial charge on any atom is -0.339 e. The number of aromatic nitrogens is 2. The Morgan fingerprint density at radius 1 is 1.21 bits per heavy atom. The van der Waals surface area contributed by atoms with Gasteiger partial charge in [-0.05, 0) is 12.8 Å². The first-order chi connectivity index (χ1) is 9.12. The second-order valence-corrected chi connectivity index (χ2v) is 7.49. The molecule has 1 aliphatic heterocycles. The summed E-state index contributed by atoms with van der Waals surface area (Å²) >= 11 is 0. The number of hydrogen-bond donors (Lipinski definition) is 1. The number of nitrogens with one attached hydrogen (secondary N) is 1. The SMILES string of the molecule is O=S1(=O)CCN(c2ncc(CNC3CC3)cn2)CC1. The molecule has 1 aromatic rings. The van der Waals surface area contributed by atoms with E-state index in [1.165, 1.54) is 12.8 Å². The topological polar surface area (TPSA) is 75.2 Å². The molecule has 0 aromatic carbocycles. The fourth-order valence-electron chi connectivity index (χ4n) is 2.06. The number of sulfone groups is 1. The zero-order valence-corrected chi connectivity index (χ0v) is 11.6. The van der Waals surface area contributed by atoms with Crippen molar-refractivity contribution >= 4 is 15.8 Å². The van der Waals surface area contributed by atoms with Crippen LogP contribution < -0.4 is 10.2 Å². The molecule has 0 unspecified atom stereocenters. The maximum Gasteiger partial charge on any atom is 0.225 e. The second kappa shape index (κ2) is 5.05. The molecule has 1 aromatic heterocycles. The Morgan fingerprint density at radius 2 is 1.84 bits per heavy atom. The summed E-state index contributed by atoms with van der Waals surface area (Å²) in [6, 6.07) is 0.673. The molecule has 0 amide bonds. The molecule has 2 fully saturated rings. The van der Waals surface area contributed by atoms with E-state index >= 15 is 0 Å². The van der Waals surface area contributed by atoms with Crippen LogP contribution in [-0.2, 0) is 16.4 Å². The predicted octanol–water partition coefficient (Wildman–Crippen LogP) is -0.0366. The molecule has 1 saturated heterocycles. The molecule has 1 N–H and O–H groups in total. The molecule has 0 spiro atoms. The summed E-state index contributed by atoms with van der Waals surface area (Å²) in [5.74, 6) is 1.02. The molecule has 0 atom stereocenters. The van der Waals surface area contributed by atoms with Crippen LogP contribution in [0.2, 0.25) is 0 Å². The van der Waals surface area contributed by atoms with E-state index in [0.29, 0.717) is 25.1 Å². The van der Waals surface area contributed by atoms with E-state index in [1.807, 2.05) is 17.3 Å². The lowest BCUT2D eigenvalue weighted by molar-refractivity contribution is 0.585. The maximum atomic E-state index is 11.4. The third kappa shape index (κ3) is 3.42. The second-order valence-electron chi connectivity index (χ2n) is 5.19. The molecule has 6 nitrogen and oxygen atoms in total. The van der Waals surface area contributed by atoms with Crippen LogP contribution in [0.1, 0.15) is 18.4 Å². The van der Waals surface area contributed by atoms with Crippen LogP contribution in [0.15, 0.2) is 12.4 Å². The number of rotatable bonds is 4. The summed E-state index contributed by atoms with van der Waals surface area (Å²) in [5, 5.41) is 3.41. The quantitative estimate of drug-likeness (QED) is 0.835. The van der Waals surface area contributed by atoms with Crippen LogP contribution in [0.4, 0.5) is 5.95 Å². The molecule has 104 valence electrons. The molecule has 0 bridgehead atoms. The van der Waals surface area contributed by atoms with E-state index in [-0.39, 0.29) is 11.5 Å². The summed E-state index contributed by atoms with van der Waals surface area (Å²) in [6.45, 7) is 1.78. The van der Waals surface area contributed by atoms with Crippen molar-refractivity contribution in [2.45, 2.75) is 25.4 Å². The van der Waals surface area contributed by atoms with Crippen molar-refractivity contribution in [3.8, 4) is 0 Å². The maximum absolute atomic E-state index is 11.4. The van der Waals surface area contributed by atoms with E-state index in [9.17, 15) is 8.42 Å². The average molecular weight is 282 g/mol. The van der Waals surface area contributed by atoms with Crippen LogP contribution in [0.3, 0.4) is 0 Å². The van der Waals surface area contributed by atoms with Gasteiger partial charge in [-0.25, -0.2) is 18.4 Å². The van der Waals surface area contributed by atoms with Gasteiger partial charge in [-0.3, -0.25) is 0 Å². The van der Waals surface area contributed by atoms with Crippen molar-refractivity contribution in [3.63, 3.8) is 0 Å². The minimum absolute atomic E-state index is 0.196. The summed E-state index contributed by atoms with van der Waals surface area (Å²) in [6.07, 6.45) is 6.17. The monoisotopic (exact) mass is 282 g/mol. The van der Waals surface area contributed by atoms with Crippen molar-refractivity contribution in [2.75, 3.05) is 29.5 Å². The first-order valence-electron chi connectivity index (χ1n) is 6.62. The Labute approximate surface area is 113 Å². The van der Waals surface area contributed by atoms with E-state index in [1.54, 1.807) is 0 Å². The highest BCUT2D eigenvalue weighted by molar-refractivity contribution is 7.91. The zero-order valence-electron chi connectivity index (χ0n) is 10.7. The molecule has 2 heterocycles. The van der Waals surface area contributed by atoms with Crippen molar-refractivity contribution < 1.29 is 8.42 Å². The van der Waals surface area contributed by atoms with Gasteiger partial charge in [0.05, 0.1) is 11.5 Å². The normalized spacial score (nSPS) is 22.4. The van der Waals surface area contributed by atoms with Gasteiger partial charge >= 0.3 is 0 Å². The average Bonchev–Trinajstić information content (AvgIpc) is 3.21. The fraction of sp³-hybridized carbons (Fsp3) is 0.667. The molecule has 2 aliphatic rings. The summed E-state index contributed by atoms with van der Waals surface area (Å²) < 4.78 is 22.7. The zero-order chi connectivity index (χ0) is 13.3. The van der Waals surface area contributed by atoms with Gasteiger partial charge in [-0.15, -0.1) is 0 Å². The summed E-state index contributed by atoms with van der Waals surface area (Å²) in [5.41, 5.74) is 1.07. The van der Waals surface area contributed by atoms with E-state index in [0.717, 1.165) is 12.1 Å². The Balaban J connectivity index is 1.59. The largest absolute Gasteiger partial charge is 0.339 e. The Morgan fingerprint density at radius 3 is 2.42 bits per heavy atom. The van der Waals surface area contributed by atoms with Gasteiger partial charge in [0.25, 0.3) is 0 Å². The smallest absolute Gasteiger partial charge is 0.225 e. The highest BCUT2D eigenvalue weighted by Crippen LogP contribution is 2.19. The van der Waals surface area contributed by atoms with Crippen LogP contribution in [0.5, 0.6) is 0 Å². The van der Waals surface area contributed by atoms with E-state index < -0.39 is 9.84 Å². The first kappa shape index (κ1) is 12.8. The molecule has 0 radical (unpaired) electrons. The fourth-order valence-corrected chi connectivity index (χ4v) is 3.27. The third-order valence-corrected chi connectivity index (χ3v) is 5.10. The highest BCUT2D eigenvalue weighted by atomic mass is 32.2. The van der Waals surface area contributed by atoms with Gasteiger partial charge in [-0.2, -0.15) is 0 Å². The van der Waals surface area contributed by atoms with Crippen LogP contribution >= 0.6 is 0 Å². The Bertz CT molecular complexity index is 525. The van der Waals surface area contributed by atoms with Gasteiger partial charge in [0, 0.05) is 43.6 Å². The standard InChI is InChI=1S/C12H18N4O2S/c17-19(18)5-3-16(4-6-19)12-14-8-10(9-15-12)7-13-11-1-2-11/h8-9,11,13H,1-7H2. The lowest BCUT2D eigenvalue weighted by atomic mass is 10.3. The van der Waals surface area contributed by atoms with E-state index in [4.69, 9.17) is 0 Å². The van der Waals surface area contributed by atoms with Crippen LogP contribution in [0, 0.1) is 0 Å². The van der Waals surface area contributed by atoms with Gasteiger partial charge in [0.1, 0.15) is 0 Å². The Hall–Kier alpha value is -1.21.